The molecule has 9 heteroatoms. The number of rotatable bonds is 4. The maximum absolute atomic E-state index is 13.0. The van der Waals surface area contributed by atoms with Crippen LogP contribution in [0.15, 0.2) is 67.0 Å². The Bertz CT molecular complexity index is 1190. The molecule has 1 atom stereocenters. The molecule has 34 heavy (non-hydrogen) atoms. The van der Waals surface area contributed by atoms with E-state index in [1.54, 1.807) is 54.9 Å². The molecule has 2 N–H and O–H groups in total. The Morgan fingerprint density at radius 1 is 0.882 bits per heavy atom. The maximum Gasteiger partial charge on any atom is 0.321 e. The number of nitrogens with one attached hydrogen (secondary N) is 2. The fourth-order valence-electron chi connectivity index (χ4n) is 4.68. The Morgan fingerprint density at radius 3 is 2.35 bits per heavy atom. The van der Waals surface area contributed by atoms with Gasteiger partial charge in [-0.3, -0.25) is 4.79 Å². The average Bonchev–Trinajstić information content (AvgIpc) is 3.47. The molecule has 2 fully saturated rings. The van der Waals surface area contributed by atoms with Gasteiger partial charge in [0.25, 0.3) is 5.91 Å². The summed E-state index contributed by atoms with van der Waals surface area (Å²) in [5.74, 6) is 0.509. The van der Waals surface area contributed by atoms with E-state index < -0.39 is 0 Å². The van der Waals surface area contributed by atoms with E-state index in [1.807, 2.05) is 17.0 Å². The van der Waals surface area contributed by atoms with Crippen LogP contribution in [0.25, 0.3) is 0 Å². The molecule has 3 amide bonds. The Morgan fingerprint density at radius 2 is 1.59 bits per heavy atom. The molecule has 3 aromatic rings. The molecule has 1 spiro atoms. The van der Waals surface area contributed by atoms with Crippen molar-refractivity contribution < 1.29 is 9.59 Å². The van der Waals surface area contributed by atoms with Gasteiger partial charge in [-0.25, -0.2) is 14.8 Å². The van der Waals surface area contributed by atoms with Crippen LogP contribution in [-0.4, -0.2) is 53.0 Å². The molecule has 8 nitrogen and oxygen atoms in total. The number of aromatic nitrogens is 2. The van der Waals surface area contributed by atoms with E-state index in [9.17, 15) is 9.59 Å². The van der Waals surface area contributed by atoms with Crippen LogP contribution in [0.5, 0.6) is 0 Å². The zero-order chi connectivity index (χ0) is 23.5. The minimum Gasteiger partial charge on any atom is -0.340 e. The molecule has 174 valence electrons. The first kappa shape index (κ1) is 22.2. The van der Waals surface area contributed by atoms with Crippen molar-refractivity contribution in [2.75, 3.05) is 41.7 Å². The maximum atomic E-state index is 13.0. The van der Waals surface area contributed by atoms with E-state index >= 15 is 0 Å². The molecule has 0 radical (unpaired) electrons. The summed E-state index contributed by atoms with van der Waals surface area (Å²) in [4.78, 5) is 38.2. The van der Waals surface area contributed by atoms with E-state index in [2.05, 4.69) is 25.5 Å². The number of anilines is 3. The summed E-state index contributed by atoms with van der Waals surface area (Å²) in [6, 6.07) is 15.5. The molecule has 2 aliphatic rings. The van der Waals surface area contributed by atoms with Gasteiger partial charge in [0.15, 0.2) is 0 Å². The predicted octanol–water partition coefficient (Wildman–Crippen LogP) is 4.52. The zero-order valence-corrected chi connectivity index (χ0v) is 19.3. The van der Waals surface area contributed by atoms with E-state index in [1.165, 1.54) is 0 Å². The highest BCUT2D eigenvalue weighted by atomic mass is 35.5. The second kappa shape index (κ2) is 9.30. The summed E-state index contributed by atoms with van der Waals surface area (Å²) in [5.41, 5.74) is 1.81. The Hall–Kier alpha value is -3.65. The molecule has 3 heterocycles. The summed E-state index contributed by atoms with van der Waals surface area (Å²) in [5, 5.41) is 6.40. The van der Waals surface area contributed by atoms with E-state index in [0.29, 0.717) is 35.1 Å². The van der Waals surface area contributed by atoms with Crippen LogP contribution in [0.4, 0.5) is 22.1 Å². The Kier molecular flexibility index (Phi) is 6.06. The number of nitrogens with zero attached hydrogens (tertiary/aromatic N) is 4. The lowest BCUT2D eigenvalue weighted by Crippen LogP contribution is -2.36. The quantitative estimate of drug-likeness (QED) is 0.578. The van der Waals surface area contributed by atoms with Gasteiger partial charge in [-0.05, 0) is 61.4 Å². The summed E-state index contributed by atoms with van der Waals surface area (Å²) in [6.45, 7) is 3.17. The van der Waals surface area contributed by atoms with Crippen LogP contribution in [0.3, 0.4) is 0 Å². The lowest BCUT2D eigenvalue weighted by molar-refractivity contribution is 0.102. The van der Waals surface area contributed by atoms with Crippen molar-refractivity contribution in [3.05, 3.63) is 77.6 Å². The second-order valence-electron chi connectivity index (χ2n) is 8.86. The third-order valence-corrected chi connectivity index (χ3v) is 6.73. The molecule has 1 aromatic heterocycles. The number of urea groups is 1. The van der Waals surface area contributed by atoms with Crippen molar-refractivity contribution >= 4 is 40.9 Å². The normalized spacial score (nSPS) is 19.4. The predicted molar refractivity (Wildman–Crippen MR) is 132 cm³/mol. The van der Waals surface area contributed by atoms with Crippen LogP contribution in [0.1, 0.15) is 23.2 Å². The van der Waals surface area contributed by atoms with Gasteiger partial charge < -0.3 is 20.4 Å². The van der Waals surface area contributed by atoms with Crippen molar-refractivity contribution in [2.45, 2.75) is 12.8 Å². The van der Waals surface area contributed by atoms with Crippen molar-refractivity contribution in [3.63, 3.8) is 0 Å². The van der Waals surface area contributed by atoms with Crippen molar-refractivity contribution in [2.24, 2.45) is 5.41 Å². The topological polar surface area (TPSA) is 90.5 Å². The van der Waals surface area contributed by atoms with Crippen LogP contribution in [0, 0.1) is 5.41 Å². The third-order valence-electron chi connectivity index (χ3n) is 6.48. The van der Waals surface area contributed by atoms with Crippen LogP contribution in [-0.2, 0) is 0 Å². The highest BCUT2D eigenvalue weighted by Gasteiger charge is 2.45. The second-order valence-corrected chi connectivity index (χ2v) is 9.30. The standard InChI is InChI=1S/C25H25ClN6O2/c26-19-7-5-18(6-8-19)22(33)29-20-3-1-4-21(15-20)30-24(34)32-14-10-25(17-32)9-13-31(16-25)23-27-11-2-12-28-23/h1-8,11-12,15H,9-10,13-14,16-17H2,(H,29,33)(H,30,34). The molecular weight excluding hydrogens is 452 g/mol. The first-order valence-corrected chi connectivity index (χ1v) is 11.6. The SMILES string of the molecule is O=C(Nc1cccc(NC(=O)N2CCC3(CCN(c4ncccn4)C3)C2)c1)c1ccc(Cl)cc1. The number of carbonyl (C=O) groups is 2. The Balaban J connectivity index is 1.18. The third kappa shape index (κ3) is 4.82. The highest BCUT2D eigenvalue weighted by molar-refractivity contribution is 6.30. The lowest BCUT2D eigenvalue weighted by Gasteiger charge is -2.24. The minimum atomic E-state index is -0.241. The molecule has 2 aliphatic heterocycles. The number of benzene rings is 2. The number of likely N-dealkylation sites (tertiary alicyclic amines) is 1. The largest absolute Gasteiger partial charge is 0.340 e. The Labute approximate surface area is 203 Å². The summed E-state index contributed by atoms with van der Waals surface area (Å²) >= 11 is 5.89. The van der Waals surface area contributed by atoms with Crippen molar-refractivity contribution in [3.8, 4) is 0 Å². The van der Waals surface area contributed by atoms with E-state index in [0.717, 1.165) is 31.9 Å². The lowest BCUT2D eigenvalue weighted by atomic mass is 9.86. The summed E-state index contributed by atoms with van der Waals surface area (Å²) in [6.07, 6.45) is 5.49. The van der Waals surface area contributed by atoms with Crippen LogP contribution in [0.2, 0.25) is 5.02 Å². The number of amides is 3. The average molecular weight is 477 g/mol. The molecular formula is C25H25ClN6O2. The molecule has 0 bridgehead atoms. The smallest absolute Gasteiger partial charge is 0.321 e. The fourth-order valence-corrected chi connectivity index (χ4v) is 4.81. The van der Waals surface area contributed by atoms with Gasteiger partial charge in [0.05, 0.1) is 0 Å². The van der Waals surface area contributed by atoms with Crippen molar-refractivity contribution in [1.82, 2.24) is 14.9 Å². The first-order chi connectivity index (χ1) is 16.5. The van der Waals surface area contributed by atoms with Gasteiger partial charge in [-0.1, -0.05) is 17.7 Å². The van der Waals surface area contributed by atoms with Crippen molar-refractivity contribution in [1.29, 1.82) is 0 Å². The zero-order valence-electron chi connectivity index (χ0n) is 18.6. The van der Waals surface area contributed by atoms with E-state index in [4.69, 9.17) is 11.6 Å². The molecule has 2 aromatic carbocycles. The molecule has 2 saturated heterocycles. The highest BCUT2D eigenvalue weighted by Crippen LogP contribution is 2.40. The van der Waals surface area contributed by atoms with Gasteiger partial charge in [0, 0.05) is 65.9 Å². The van der Waals surface area contributed by atoms with Gasteiger partial charge in [-0.2, -0.15) is 0 Å². The van der Waals surface area contributed by atoms with Gasteiger partial charge >= 0.3 is 6.03 Å². The van der Waals surface area contributed by atoms with Crippen LogP contribution >= 0.6 is 11.6 Å². The van der Waals surface area contributed by atoms with Gasteiger partial charge in [0.1, 0.15) is 0 Å². The van der Waals surface area contributed by atoms with E-state index in [-0.39, 0.29) is 17.4 Å². The molecule has 0 saturated carbocycles. The monoisotopic (exact) mass is 476 g/mol. The molecule has 0 aliphatic carbocycles. The van der Waals surface area contributed by atoms with Crippen LogP contribution < -0.4 is 15.5 Å². The number of carbonyl (C=O) groups excluding carboxylic acids is 2. The molecule has 5 rings (SSSR count). The van der Waals surface area contributed by atoms with Gasteiger partial charge in [-0.15, -0.1) is 0 Å². The minimum absolute atomic E-state index is 0.0743. The fraction of sp³-hybridized carbons (Fsp3) is 0.280. The first-order valence-electron chi connectivity index (χ1n) is 11.2. The number of halogens is 1. The number of hydrogen-bond acceptors (Lipinski definition) is 5. The molecule has 1 unspecified atom stereocenters. The summed E-state index contributed by atoms with van der Waals surface area (Å²) < 4.78 is 0. The van der Waals surface area contributed by atoms with Gasteiger partial charge in [0.2, 0.25) is 5.95 Å². The summed E-state index contributed by atoms with van der Waals surface area (Å²) in [7, 11) is 0. The number of hydrogen-bond donors (Lipinski definition) is 2.